The van der Waals surface area contributed by atoms with Crippen LogP contribution in [0.3, 0.4) is 0 Å². The fourth-order valence-electron chi connectivity index (χ4n) is 2.54. The molecule has 10 heteroatoms. The topological polar surface area (TPSA) is 133 Å². The van der Waals surface area contributed by atoms with Crippen molar-refractivity contribution < 1.29 is 17.9 Å². The number of hydrogen-bond acceptors (Lipinski definition) is 5. The van der Waals surface area contributed by atoms with Gasteiger partial charge < -0.3 is 20.0 Å². The van der Waals surface area contributed by atoms with E-state index in [0.29, 0.717) is 28.2 Å². The van der Waals surface area contributed by atoms with Gasteiger partial charge in [0.2, 0.25) is 0 Å². The van der Waals surface area contributed by atoms with Gasteiger partial charge in [0, 0.05) is 0 Å². The number of ether oxygens (including phenoxy) is 1. The number of rotatable bonds is 3. The summed E-state index contributed by atoms with van der Waals surface area (Å²) in [7, 11) is -3.89. The van der Waals surface area contributed by atoms with Crippen LogP contribution in [0.1, 0.15) is 0 Å². The van der Waals surface area contributed by atoms with E-state index in [1.54, 1.807) is 6.07 Å². The highest BCUT2D eigenvalue weighted by atomic mass is 32.2. The van der Waals surface area contributed by atoms with Gasteiger partial charge in [-0.1, -0.05) is 0 Å². The first-order valence-corrected chi connectivity index (χ1v) is 8.71. The molecule has 0 saturated carbocycles. The number of aromatic amines is 2. The van der Waals surface area contributed by atoms with E-state index in [0.717, 1.165) is 0 Å². The molecule has 0 unspecified atom stereocenters. The van der Waals surface area contributed by atoms with Crippen molar-refractivity contribution in [3.05, 3.63) is 46.9 Å². The first kappa shape index (κ1) is 15.3. The first-order chi connectivity index (χ1) is 11.9. The van der Waals surface area contributed by atoms with E-state index in [4.69, 9.17) is 4.74 Å². The first-order valence-electron chi connectivity index (χ1n) is 7.22. The Balaban J connectivity index is 1.67. The fraction of sp³-hybridized carbons (Fsp3) is 0.0667. The van der Waals surface area contributed by atoms with Crippen LogP contribution in [0.25, 0.3) is 11.0 Å². The van der Waals surface area contributed by atoms with Gasteiger partial charge in [0.1, 0.15) is 5.75 Å². The Morgan fingerprint density at radius 1 is 1.00 bits per heavy atom. The van der Waals surface area contributed by atoms with E-state index in [-0.39, 0.29) is 23.1 Å². The summed E-state index contributed by atoms with van der Waals surface area (Å²) in [4.78, 5) is 27.8. The third-order valence-electron chi connectivity index (χ3n) is 3.66. The minimum Gasteiger partial charge on any atom is -0.482 e. The smallest absolute Gasteiger partial charge is 0.323 e. The number of carbonyl (C=O) groups excluding carboxylic acids is 1. The molecule has 0 saturated heterocycles. The Morgan fingerprint density at radius 2 is 1.80 bits per heavy atom. The lowest BCUT2D eigenvalue weighted by Crippen LogP contribution is -2.25. The zero-order chi connectivity index (χ0) is 17.6. The summed E-state index contributed by atoms with van der Waals surface area (Å²) in [6.07, 6.45) is 0. The van der Waals surface area contributed by atoms with Crippen molar-refractivity contribution in [3.8, 4) is 5.75 Å². The summed E-state index contributed by atoms with van der Waals surface area (Å²) >= 11 is 0. The lowest BCUT2D eigenvalue weighted by atomic mass is 10.2. The van der Waals surface area contributed by atoms with Crippen molar-refractivity contribution in [2.45, 2.75) is 4.90 Å². The molecule has 0 bridgehead atoms. The minimum atomic E-state index is -3.89. The van der Waals surface area contributed by atoms with Crippen molar-refractivity contribution in [2.24, 2.45) is 0 Å². The highest BCUT2D eigenvalue weighted by molar-refractivity contribution is 7.92. The van der Waals surface area contributed by atoms with Crippen LogP contribution >= 0.6 is 0 Å². The predicted molar refractivity (Wildman–Crippen MR) is 90.3 cm³/mol. The molecule has 25 heavy (non-hydrogen) atoms. The molecule has 2 aromatic carbocycles. The maximum Gasteiger partial charge on any atom is 0.323 e. The molecule has 0 radical (unpaired) electrons. The third-order valence-corrected chi connectivity index (χ3v) is 5.04. The minimum absolute atomic E-state index is 0.0280. The normalized spacial score (nSPS) is 13.8. The number of sulfonamides is 1. The van der Waals surface area contributed by atoms with Gasteiger partial charge >= 0.3 is 5.69 Å². The molecule has 9 nitrogen and oxygen atoms in total. The molecule has 3 aromatic rings. The Hall–Kier alpha value is -3.27. The molecule has 4 N–H and O–H groups in total. The standard InChI is InChI=1S/C15H12N4O5S/c20-14-7-24-13-4-2-9(6-12(13)16-14)25(22,23)19-8-1-3-10-11(5-8)18-15(21)17-10/h1-6,19H,7H2,(H,16,20)(H2,17,18,21). The summed E-state index contributed by atoms with van der Waals surface area (Å²) in [5, 5.41) is 2.56. The molecule has 0 atom stereocenters. The van der Waals surface area contributed by atoms with E-state index in [9.17, 15) is 18.0 Å². The van der Waals surface area contributed by atoms with Crippen LogP contribution in [0.15, 0.2) is 46.1 Å². The summed E-state index contributed by atoms with van der Waals surface area (Å²) in [6.45, 7) is -0.105. The van der Waals surface area contributed by atoms with Gasteiger partial charge in [0.25, 0.3) is 15.9 Å². The zero-order valence-electron chi connectivity index (χ0n) is 12.6. The number of carbonyl (C=O) groups is 1. The average Bonchev–Trinajstić information content (AvgIpc) is 2.93. The number of benzene rings is 2. The van der Waals surface area contributed by atoms with E-state index in [1.165, 1.54) is 30.3 Å². The summed E-state index contributed by atoms with van der Waals surface area (Å²) in [5.74, 6) is 0.0572. The number of nitrogens with one attached hydrogen (secondary N) is 4. The predicted octanol–water partition coefficient (Wildman–Crippen LogP) is 0.988. The van der Waals surface area contributed by atoms with Crippen molar-refractivity contribution >= 4 is 38.3 Å². The molecule has 1 amide bonds. The Labute approximate surface area is 141 Å². The second-order valence-corrected chi connectivity index (χ2v) is 7.12. The SMILES string of the molecule is O=C1COc2ccc(S(=O)(=O)Nc3ccc4[nH]c(=O)[nH]c4c3)cc2N1. The number of H-pyrrole nitrogens is 2. The highest BCUT2D eigenvalue weighted by Gasteiger charge is 2.21. The molecule has 0 fully saturated rings. The van der Waals surface area contributed by atoms with Crippen LogP contribution in [-0.4, -0.2) is 30.9 Å². The molecular weight excluding hydrogens is 348 g/mol. The molecular formula is C15H12N4O5S. The van der Waals surface area contributed by atoms with Crippen molar-refractivity contribution in [2.75, 3.05) is 16.6 Å². The van der Waals surface area contributed by atoms with Crippen molar-refractivity contribution in [3.63, 3.8) is 0 Å². The van der Waals surface area contributed by atoms with Crippen LogP contribution in [-0.2, 0) is 14.8 Å². The molecule has 1 aliphatic rings. The number of fused-ring (bicyclic) bond motifs is 2. The summed E-state index contributed by atoms with van der Waals surface area (Å²) in [6, 6.07) is 8.82. The van der Waals surface area contributed by atoms with E-state index in [2.05, 4.69) is 20.0 Å². The van der Waals surface area contributed by atoms with Gasteiger partial charge in [-0.15, -0.1) is 0 Å². The van der Waals surface area contributed by atoms with Crippen molar-refractivity contribution in [1.29, 1.82) is 0 Å². The third kappa shape index (κ3) is 2.83. The van der Waals surface area contributed by atoms with Crippen LogP contribution in [0.4, 0.5) is 11.4 Å². The van der Waals surface area contributed by atoms with Gasteiger partial charge in [0.15, 0.2) is 6.61 Å². The highest BCUT2D eigenvalue weighted by Crippen LogP contribution is 2.30. The van der Waals surface area contributed by atoms with Gasteiger partial charge in [-0.25, -0.2) is 13.2 Å². The quantitative estimate of drug-likeness (QED) is 0.553. The second-order valence-electron chi connectivity index (χ2n) is 5.44. The molecule has 1 aliphatic heterocycles. The summed E-state index contributed by atoms with van der Waals surface area (Å²) in [5.41, 5.74) is 1.27. The Bertz CT molecular complexity index is 1160. The van der Waals surface area contributed by atoms with E-state index in [1.807, 2.05) is 0 Å². The number of hydrogen-bond donors (Lipinski definition) is 4. The van der Waals surface area contributed by atoms with Crippen LogP contribution in [0.2, 0.25) is 0 Å². The van der Waals surface area contributed by atoms with Gasteiger partial charge in [0.05, 0.1) is 27.3 Å². The monoisotopic (exact) mass is 360 g/mol. The Kier molecular flexibility index (Phi) is 3.29. The molecule has 2 heterocycles. The summed E-state index contributed by atoms with van der Waals surface area (Å²) < 4.78 is 32.8. The van der Waals surface area contributed by atoms with Crippen LogP contribution in [0.5, 0.6) is 5.75 Å². The number of anilines is 2. The Morgan fingerprint density at radius 3 is 2.64 bits per heavy atom. The van der Waals surface area contributed by atoms with Crippen LogP contribution in [0, 0.1) is 0 Å². The number of amides is 1. The molecule has 0 spiro atoms. The van der Waals surface area contributed by atoms with E-state index >= 15 is 0 Å². The average molecular weight is 360 g/mol. The maximum absolute atomic E-state index is 12.6. The number of aromatic nitrogens is 2. The van der Waals surface area contributed by atoms with Gasteiger partial charge in [-0.05, 0) is 36.4 Å². The molecule has 128 valence electrons. The second kappa shape index (κ2) is 5.38. The van der Waals surface area contributed by atoms with Gasteiger partial charge in [-0.3, -0.25) is 9.52 Å². The zero-order valence-corrected chi connectivity index (χ0v) is 13.4. The van der Waals surface area contributed by atoms with Crippen molar-refractivity contribution in [1.82, 2.24) is 9.97 Å². The number of imidazole rings is 1. The van der Waals surface area contributed by atoms with Gasteiger partial charge in [-0.2, -0.15) is 0 Å². The molecule has 1 aromatic heterocycles. The van der Waals surface area contributed by atoms with E-state index < -0.39 is 10.0 Å². The lowest BCUT2D eigenvalue weighted by molar-refractivity contribution is -0.118. The maximum atomic E-state index is 12.6. The largest absolute Gasteiger partial charge is 0.482 e. The molecule has 4 rings (SSSR count). The molecule has 0 aliphatic carbocycles. The fourth-order valence-corrected chi connectivity index (χ4v) is 3.61. The van der Waals surface area contributed by atoms with Crippen LogP contribution < -0.4 is 20.5 Å². The lowest BCUT2D eigenvalue weighted by Gasteiger charge is -2.18.